The summed E-state index contributed by atoms with van der Waals surface area (Å²) in [6.07, 6.45) is 62.1. The maximum Gasteiger partial charge on any atom is 0.472 e. The van der Waals surface area contributed by atoms with E-state index in [9.17, 15) is 14.3 Å². The van der Waals surface area contributed by atoms with Crippen molar-refractivity contribution in [3.63, 3.8) is 0 Å². The second-order valence-corrected chi connectivity index (χ2v) is 19.3. The molecule has 0 fully saturated rings. The Labute approximate surface area is 388 Å². The van der Waals surface area contributed by atoms with E-state index in [1.54, 1.807) is 0 Å². The quantitative estimate of drug-likeness (QED) is 0.0214. The molecule has 0 radical (unpaired) electrons. The highest BCUT2D eigenvalue weighted by atomic mass is 31.2. The molecule has 1 N–H and O–H groups in total. The second kappa shape index (κ2) is 46.2. The lowest BCUT2D eigenvalue weighted by molar-refractivity contribution is -0.870. The molecule has 0 amide bonds. The molecule has 0 aliphatic carbocycles. The number of quaternary nitrogens is 1. The first-order chi connectivity index (χ1) is 30.6. The molecule has 364 valence electrons. The first-order valence-electron chi connectivity index (χ1n) is 25.3. The van der Waals surface area contributed by atoms with Crippen LogP contribution in [0.15, 0.2) is 85.1 Å². The molecular weight excluding hydrogens is 806 g/mol. The van der Waals surface area contributed by atoms with Gasteiger partial charge in [0.1, 0.15) is 19.3 Å². The Balaban J connectivity index is 4.28. The normalized spacial score (nSPS) is 14.3. The third-order valence-corrected chi connectivity index (χ3v) is 11.5. The van der Waals surface area contributed by atoms with Crippen LogP contribution >= 0.6 is 7.82 Å². The lowest BCUT2D eigenvalue weighted by Gasteiger charge is -2.24. The second-order valence-electron chi connectivity index (χ2n) is 17.8. The molecule has 2 atom stereocenters. The largest absolute Gasteiger partial charge is 0.472 e. The van der Waals surface area contributed by atoms with Gasteiger partial charge in [-0.15, -0.1) is 0 Å². The van der Waals surface area contributed by atoms with E-state index >= 15 is 0 Å². The summed E-state index contributed by atoms with van der Waals surface area (Å²) < 4.78 is 35.1. The number of carbonyl (C=O) groups is 1. The molecule has 2 unspecified atom stereocenters. The summed E-state index contributed by atoms with van der Waals surface area (Å²) in [4.78, 5) is 23.0. The van der Waals surface area contributed by atoms with E-state index in [1.165, 1.54) is 103 Å². The highest BCUT2D eigenvalue weighted by molar-refractivity contribution is 7.47. The molecule has 8 nitrogen and oxygen atoms in total. The van der Waals surface area contributed by atoms with Crippen LogP contribution in [0.4, 0.5) is 0 Å². The van der Waals surface area contributed by atoms with Crippen LogP contribution < -0.4 is 0 Å². The number of carbonyl (C=O) groups excluding carboxylic acids is 1. The minimum absolute atomic E-state index is 0.0746. The van der Waals surface area contributed by atoms with E-state index in [4.69, 9.17) is 18.5 Å². The summed E-state index contributed by atoms with van der Waals surface area (Å²) in [7, 11) is 1.62. The summed E-state index contributed by atoms with van der Waals surface area (Å²) in [5.41, 5.74) is 0. The number of unbranched alkanes of at least 4 members (excludes halogenated alkanes) is 18. The van der Waals surface area contributed by atoms with Crippen molar-refractivity contribution >= 4 is 13.8 Å². The number of rotatable bonds is 46. The maximum absolute atomic E-state index is 12.7. The smallest absolute Gasteiger partial charge is 0.457 e. The monoisotopic (exact) mass is 903 g/mol. The Morgan fingerprint density at radius 1 is 0.508 bits per heavy atom. The van der Waals surface area contributed by atoms with Crippen LogP contribution in [0.5, 0.6) is 0 Å². The molecule has 0 bridgehead atoms. The van der Waals surface area contributed by atoms with Gasteiger partial charge >= 0.3 is 13.8 Å². The fourth-order valence-corrected chi connectivity index (χ4v) is 7.34. The van der Waals surface area contributed by atoms with Gasteiger partial charge in [0.05, 0.1) is 34.4 Å². The van der Waals surface area contributed by atoms with Crippen molar-refractivity contribution in [2.75, 3.05) is 54.1 Å². The molecule has 0 aromatic rings. The number of likely N-dealkylation sites (N-methyl/N-ethyl adjacent to an activating group) is 1. The fraction of sp³-hybridized carbons (Fsp3) is 0.722. The van der Waals surface area contributed by atoms with Crippen LogP contribution in [0, 0.1) is 0 Å². The standard InChI is InChI=1S/C54H96NO7P/c1-6-8-10-12-14-16-18-20-22-24-26-27-28-29-30-31-33-35-37-39-41-43-45-47-54(56)62-53(52-61-63(57,58)60-50-48-55(3,4)5)51-59-49-46-44-42-40-38-36-34-32-25-23-21-19-17-15-13-11-9-7-2/h8,10,14,16,20,22,26-27,29-30,33,35,39,41,53H,6-7,9,11-13,15,17-19,21,23-25,28,31-32,34,36-38,40,42-52H2,1-5H3/p+1/b10-8-,16-14-,22-20-,27-26-,30-29-,35-33-,41-39-. The van der Waals surface area contributed by atoms with E-state index in [1.807, 2.05) is 21.1 Å². The molecule has 0 aromatic carbocycles. The number of hydrogen-bond acceptors (Lipinski definition) is 6. The number of nitrogens with zero attached hydrogens (tertiary/aromatic N) is 1. The van der Waals surface area contributed by atoms with Crippen LogP contribution in [0.2, 0.25) is 0 Å². The van der Waals surface area contributed by atoms with Crippen molar-refractivity contribution in [2.24, 2.45) is 0 Å². The molecule has 9 heteroatoms. The van der Waals surface area contributed by atoms with E-state index < -0.39 is 13.9 Å². The molecule has 63 heavy (non-hydrogen) atoms. The number of hydrogen-bond donors (Lipinski definition) is 1. The Morgan fingerprint density at radius 3 is 1.32 bits per heavy atom. The highest BCUT2D eigenvalue weighted by Crippen LogP contribution is 2.43. The van der Waals surface area contributed by atoms with Crippen molar-refractivity contribution in [3.8, 4) is 0 Å². The molecular formula is C54H97NO7P+. The first-order valence-corrected chi connectivity index (χ1v) is 26.8. The van der Waals surface area contributed by atoms with Gasteiger partial charge in [-0.1, -0.05) is 208 Å². The Bertz CT molecular complexity index is 1280. The van der Waals surface area contributed by atoms with Crippen molar-refractivity contribution in [2.45, 2.75) is 200 Å². The zero-order chi connectivity index (χ0) is 46.2. The number of esters is 1. The average Bonchev–Trinajstić information content (AvgIpc) is 3.24. The van der Waals surface area contributed by atoms with E-state index in [-0.39, 0.29) is 32.2 Å². The lowest BCUT2D eigenvalue weighted by atomic mass is 10.0. The predicted molar refractivity (Wildman–Crippen MR) is 270 cm³/mol. The van der Waals surface area contributed by atoms with Gasteiger partial charge in [0.25, 0.3) is 0 Å². The topological polar surface area (TPSA) is 91.3 Å². The van der Waals surface area contributed by atoms with Gasteiger partial charge in [0, 0.05) is 13.0 Å². The summed E-state index contributed by atoms with van der Waals surface area (Å²) in [5, 5.41) is 0. The summed E-state index contributed by atoms with van der Waals surface area (Å²) in [6.45, 7) is 5.44. The van der Waals surface area contributed by atoms with Gasteiger partial charge in [-0.25, -0.2) is 4.57 Å². The maximum atomic E-state index is 12.7. The zero-order valence-electron chi connectivity index (χ0n) is 41.3. The van der Waals surface area contributed by atoms with E-state index in [2.05, 4.69) is 98.9 Å². The van der Waals surface area contributed by atoms with Gasteiger partial charge < -0.3 is 18.9 Å². The molecule has 0 spiro atoms. The Morgan fingerprint density at radius 2 is 0.905 bits per heavy atom. The van der Waals surface area contributed by atoms with Crippen LogP contribution in [-0.4, -0.2) is 75.6 Å². The molecule has 0 saturated carbocycles. The first kappa shape index (κ1) is 60.7. The number of phosphoric ester groups is 1. The average molecular weight is 903 g/mol. The molecule has 0 heterocycles. The van der Waals surface area contributed by atoms with E-state index in [0.29, 0.717) is 24.1 Å². The van der Waals surface area contributed by atoms with Crippen LogP contribution in [0.25, 0.3) is 0 Å². The minimum Gasteiger partial charge on any atom is -0.457 e. The molecule has 0 rings (SSSR count). The summed E-state index contributed by atoms with van der Waals surface area (Å²) in [6, 6.07) is 0. The third-order valence-electron chi connectivity index (χ3n) is 10.5. The van der Waals surface area contributed by atoms with Crippen molar-refractivity contribution in [1.29, 1.82) is 0 Å². The highest BCUT2D eigenvalue weighted by Gasteiger charge is 2.26. The summed E-state index contributed by atoms with van der Waals surface area (Å²) >= 11 is 0. The number of phosphoric acid groups is 1. The molecule has 0 aliphatic heterocycles. The Kier molecular flexibility index (Phi) is 44.5. The van der Waals surface area contributed by atoms with Gasteiger partial charge in [-0.05, 0) is 64.2 Å². The SMILES string of the molecule is CC/C=C\C/C=C\C/C=C\C/C=C\C/C=C\C/C=C\C/C=C\CCCC(=O)OC(COCCCCCCCCCCCCCCCCCCCC)COP(=O)(O)OCC[N+](C)(C)C. The molecule has 0 saturated heterocycles. The van der Waals surface area contributed by atoms with Crippen LogP contribution in [-0.2, 0) is 27.9 Å². The zero-order valence-corrected chi connectivity index (χ0v) is 42.2. The van der Waals surface area contributed by atoms with Crippen LogP contribution in [0.3, 0.4) is 0 Å². The van der Waals surface area contributed by atoms with Crippen molar-refractivity contribution < 1.29 is 37.3 Å². The minimum atomic E-state index is -4.30. The fourth-order valence-electron chi connectivity index (χ4n) is 6.60. The number of ether oxygens (including phenoxy) is 2. The lowest BCUT2D eigenvalue weighted by Crippen LogP contribution is -2.37. The third kappa shape index (κ3) is 50.5. The van der Waals surface area contributed by atoms with Gasteiger partial charge in [-0.2, -0.15) is 0 Å². The van der Waals surface area contributed by atoms with Crippen molar-refractivity contribution in [1.82, 2.24) is 0 Å². The number of allylic oxidation sites excluding steroid dienone is 14. The van der Waals surface area contributed by atoms with Crippen molar-refractivity contribution in [3.05, 3.63) is 85.1 Å². The van der Waals surface area contributed by atoms with Gasteiger partial charge in [0.15, 0.2) is 0 Å². The predicted octanol–water partition coefficient (Wildman–Crippen LogP) is 15.6. The van der Waals surface area contributed by atoms with Gasteiger partial charge in [0.2, 0.25) is 0 Å². The summed E-state index contributed by atoms with van der Waals surface area (Å²) in [5.74, 6) is -0.371. The van der Waals surface area contributed by atoms with E-state index in [0.717, 1.165) is 64.2 Å². The molecule has 0 aliphatic rings. The van der Waals surface area contributed by atoms with Crippen LogP contribution in [0.1, 0.15) is 194 Å². The molecule has 0 aromatic heterocycles. The Hall–Kier alpha value is -2.32. The van der Waals surface area contributed by atoms with Gasteiger partial charge in [-0.3, -0.25) is 13.8 Å².